The first kappa shape index (κ1) is 23.8. The van der Waals surface area contributed by atoms with Gasteiger partial charge in [-0.1, -0.05) is 26.8 Å². The monoisotopic (exact) mass is 390 g/mol. The van der Waals surface area contributed by atoms with E-state index in [-0.39, 0.29) is 5.04 Å². The van der Waals surface area contributed by atoms with Crippen molar-refractivity contribution in [3.8, 4) is 0 Å². The average molecular weight is 391 g/mol. The first-order chi connectivity index (χ1) is 11.8. The van der Waals surface area contributed by atoms with Crippen LogP contribution in [0.2, 0.25) is 18.1 Å². The molecule has 0 unspecified atom stereocenters. The van der Waals surface area contributed by atoms with Gasteiger partial charge in [0, 0.05) is 14.2 Å². The number of ether oxygens (including phenoxy) is 4. The van der Waals surface area contributed by atoms with Crippen LogP contribution in [0.4, 0.5) is 0 Å². The Labute approximate surface area is 159 Å². The minimum atomic E-state index is -1.98. The molecule has 0 aliphatic carbocycles. The molecule has 26 heavy (non-hydrogen) atoms. The predicted molar refractivity (Wildman–Crippen MR) is 105 cm³/mol. The van der Waals surface area contributed by atoms with Crippen LogP contribution < -0.4 is 0 Å². The van der Waals surface area contributed by atoms with E-state index in [1.54, 1.807) is 27.0 Å². The van der Waals surface area contributed by atoms with Crippen molar-refractivity contribution in [2.24, 2.45) is 0 Å². The molecule has 0 aromatic rings. The van der Waals surface area contributed by atoms with Crippen molar-refractivity contribution in [3.63, 3.8) is 0 Å². The molecule has 1 heterocycles. The summed E-state index contributed by atoms with van der Waals surface area (Å²) in [5.41, 5.74) is 0. The van der Waals surface area contributed by atoms with Crippen LogP contribution in [0.15, 0.2) is 12.7 Å². The van der Waals surface area contributed by atoms with Gasteiger partial charge in [-0.05, 0) is 38.4 Å². The van der Waals surface area contributed by atoms with E-state index in [1.807, 2.05) is 0 Å². The molecule has 0 radical (unpaired) electrons. The smallest absolute Gasteiger partial charge is 0.220 e. The summed E-state index contributed by atoms with van der Waals surface area (Å²) in [4.78, 5) is 0. The average Bonchev–Trinajstić information content (AvgIpc) is 2.54. The Kier molecular flexibility index (Phi) is 7.66. The van der Waals surface area contributed by atoms with Gasteiger partial charge < -0.3 is 28.5 Å². The van der Waals surface area contributed by atoms with Crippen LogP contribution in [-0.4, -0.2) is 64.1 Å². The number of hydrogen-bond donors (Lipinski definition) is 1. The van der Waals surface area contributed by atoms with Crippen LogP contribution >= 0.6 is 0 Å². The van der Waals surface area contributed by atoms with E-state index in [9.17, 15) is 5.11 Å². The molecule has 1 N–H and O–H groups in total. The molecule has 0 spiro atoms. The molecule has 1 rings (SSSR count). The summed E-state index contributed by atoms with van der Waals surface area (Å²) >= 11 is 0. The van der Waals surface area contributed by atoms with Crippen molar-refractivity contribution in [2.75, 3.05) is 20.8 Å². The maximum absolute atomic E-state index is 10.6. The Morgan fingerprint density at radius 2 is 1.65 bits per heavy atom. The van der Waals surface area contributed by atoms with Crippen LogP contribution in [0.25, 0.3) is 0 Å². The van der Waals surface area contributed by atoms with E-state index in [4.69, 9.17) is 23.4 Å². The lowest BCUT2D eigenvalue weighted by molar-refractivity contribution is -0.455. The third kappa shape index (κ3) is 4.76. The second-order valence-corrected chi connectivity index (χ2v) is 13.5. The zero-order chi connectivity index (χ0) is 20.4. The Hall–Kier alpha value is -0.283. The van der Waals surface area contributed by atoms with Crippen LogP contribution in [0.5, 0.6) is 0 Å². The molecule has 1 saturated heterocycles. The van der Waals surface area contributed by atoms with Gasteiger partial charge in [-0.3, -0.25) is 0 Å². The van der Waals surface area contributed by atoms with Crippen molar-refractivity contribution in [3.05, 3.63) is 12.7 Å². The number of aliphatic hydroxyl groups is 1. The zero-order valence-corrected chi connectivity index (χ0v) is 18.9. The lowest BCUT2D eigenvalue weighted by Gasteiger charge is -2.53. The largest absolute Gasteiger partial charge is 0.414 e. The Morgan fingerprint density at radius 1 is 1.15 bits per heavy atom. The van der Waals surface area contributed by atoms with E-state index in [1.165, 1.54) is 7.11 Å². The third-order valence-electron chi connectivity index (χ3n) is 5.91. The highest BCUT2D eigenvalue weighted by Gasteiger charge is 2.58. The lowest BCUT2D eigenvalue weighted by Crippen LogP contribution is -2.68. The molecule has 0 saturated carbocycles. The Balaban J connectivity index is 3.09. The van der Waals surface area contributed by atoms with E-state index < -0.39 is 38.2 Å². The molecule has 5 atom stereocenters. The van der Waals surface area contributed by atoms with E-state index >= 15 is 0 Å². The highest BCUT2D eigenvalue weighted by atomic mass is 28.4. The van der Waals surface area contributed by atoms with Crippen LogP contribution in [0.1, 0.15) is 41.0 Å². The maximum Gasteiger partial charge on any atom is 0.220 e. The second kappa shape index (κ2) is 8.39. The minimum Gasteiger partial charge on any atom is -0.414 e. The second-order valence-electron chi connectivity index (χ2n) is 8.70. The van der Waals surface area contributed by atoms with Gasteiger partial charge >= 0.3 is 0 Å². The summed E-state index contributed by atoms with van der Waals surface area (Å²) in [5, 5.41) is 10.7. The molecule has 1 aliphatic rings. The Bertz CT molecular complexity index is 477. The molecule has 0 bridgehead atoms. The highest BCUT2D eigenvalue weighted by molar-refractivity contribution is 6.74. The first-order valence-corrected chi connectivity index (χ1v) is 12.1. The first-order valence-electron chi connectivity index (χ1n) is 9.16. The van der Waals surface area contributed by atoms with E-state index in [2.05, 4.69) is 40.4 Å². The van der Waals surface area contributed by atoms with Crippen LogP contribution in [-0.2, 0) is 23.4 Å². The topological polar surface area (TPSA) is 66.4 Å². The summed E-state index contributed by atoms with van der Waals surface area (Å²) in [6, 6.07) is 0. The molecule has 0 amide bonds. The SMILES string of the molecule is C=CC[C@H](O)[C@H]1O[C@](C)(OC)[C@@](C)(OC)O[C@@H]1CO[Si](C)(C)C(C)(C)C. The van der Waals surface area contributed by atoms with E-state index in [0.29, 0.717) is 13.0 Å². The fraction of sp³-hybridized carbons (Fsp3) is 0.895. The third-order valence-corrected chi connectivity index (χ3v) is 10.4. The summed E-state index contributed by atoms with van der Waals surface area (Å²) in [6.45, 7) is 18.4. The number of hydrogen-bond acceptors (Lipinski definition) is 6. The molecular weight excluding hydrogens is 352 g/mol. The van der Waals surface area contributed by atoms with Gasteiger partial charge in [0.1, 0.15) is 12.2 Å². The van der Waals surface area contributed by atoms with Gasteiger partial charge in [0.15, 0.2) is 8.32 Å². The summed E-state index contributed by atoms with van der Waals surface area (Å²) < 4.78 is 29.9. The summed E-state index contributed by atoms with van der Waals surface area (Å²) in [5.74, 6) is -2.30. The summed E-state index contributed by atoms with van der Waals surface area (Å²) in [6.07, 6.45) is 0.150. The highest BCUT2D eigenvalue weighted by Crippen LogP contribution is 2.42. The zero-order valence-electron chi connectivity index (χ0n) is 17.9. The van der Waals surface area contributed by atoms with Crippen LogP contribution in [0, 0.1) is 0 Å². The van der Waals surface area contributed by atoms with Crippen molar-refractivity contribution < 1.29 is 28.5 Å². The molecule has 7 heteroatoms. The van der Waals surface area contributed by atoms with Gasteiger partial charge in [0.2, 0.25) is 11.6 Å². The molecular formula is C19H38O6Si. The Morgan fingerprint density at radius 3 is 2.08 bits per heavy atom. The van der Waals surface area contributed by atoms with Crippen molar-refractivity contribution in [1.29, 1.82) is 0 Å². The molecule has 154 valence electrons. The molecule has 1 aliphatic heterocycles. The van der Waals surface area contributed by atoms with Crippen molar-refractivity contribution in [1.82, 2.24) is 0 Å². The van der Waals surface area contributed by atoms with Crippen LogP contribution in [0.3, 0.4) is 0 Å². The molecule has 0 aromatic heterocycles. The van der Waals surface area contributed by atoms with Gasteiger partial charge in [0.05, 0.1) is 12.7 Å². The molecule has 1 fully saturated rings. The fourth-order valence-corrected chi connectivity index (χ4v) is 3.65. The molecule has 6 nitrogen and oxygen atoms in total. The fourth-order valence-electron chi connectivity index (χ4n) is 2.64. The standard InChI is InChI=1S/C19H38O6Si/c1-11-12-14(20)16-15(13-23-26(9,10)17(2,3)4)24-18(5,21-7)19(6,22-8)25-16/h11,14-16,20H,1,12-13H2,2-10H3/t14-,15+,16+,18-,19-/m0/s1. The van der Waals surface area contributed by atoms with Gasteiger partial charge in [-0.15, -0.1) is 6.58 Å². The van der Waals surface area contributed by atoms with Crippen molar-refractivity contribution >= 4 is 8.32 Å². The van der Waals surface area contributed by atoms with E-state index in [0.717, 1.165) is 0 Å². The number of aliphatic hydroxyl groups excluding tert-OH is 1. The summed E-state index contributed by atoms with van der Waals surface area (Å²) in [7, 11) is 1.10. The number of methoxy groups -OCH3 is 2. The van der Waals surface area contributed by atoms with Gasteiger partial charge in [-0.2, -0.15) is 0 Å². The minimum absolute atomic E-state index is 0.0728. The quantitative estimate of drug-likeness (QED) is 0.506. The lowest BCUT2D eigenvalue weighted by atomic mass is 9.99. The molecule has 0 aromatic carbocycles. The predicted octanol–water partition coefficient (Wildman–Crippen LogP) is 3.45. The normalized spacial score (nSPS) is 34.5. The van der Waals surface area contributed by atoms with Crippen molar-refractivity contribution in [2.45, 2.75) is 89.1 Å². The number of rotatable bonds is 8. The van der Waals surface area contributed by atoms with Gasteiger partial charge in [0.25, 0.3) is 0 Å². The van der Waals surface area contributed by atoms with Gasteiger partial charge in [-0.25, -0.2) is 0 Å². The maximum atomic E-state index is 10.6.